The predicted molar refractivity (Wildman–Crippen MR) is 73.1 cm³/mol. The number of rotatable bonds is 1. The molecular weight excluding hydrogens is 258 g/mol. The maximum absolute atomic E-state index is 5.71. The predicted octanol–water partition coefficient (Wildman–Crippen LogP) is 1.04. The van der Waals surface area contributed by atoms with Crippen molar-refractivity contribution in [1.82, 2.24) is 20.2 Å². The van der Waals surface area contributed by atoms with E-state index in [1.54, 1.807) is 0 Å². The number of H-pyrrole nitrogens is 1. The molecule has 7 heteroatoms. The molecular formula is C13H17N5O2. The molecule has 2 aliphatic heterocycles. The minimum Gasteiger partial charge on any atom is -0.474 e. The highest BCUT2D eigenvalue weighted by Crippen LogP contribution is 2.35. The van der Waals surface area contributed by atoms with Crippen LogP contribution in [0.1, 0.15) is 19.2 Å². The molecule has 1 N–H and O–H groups in total. The van der Waals surface area contributed by atoms with E-state index in [4.69, 9.17) is 9.47 Å². The minimum atomic E-state index is 0.298. The smallest absolute Gasteiger partial charge is 0.246 e. The van der Waals surface area contributed by atoms with Crippen LogP contribution in [0.5, 0.6) is 5.88 Å². The Morgan fingerprint density at radius 3 is 3.05 bits per heavy atom. The third-order valence-electron chi connectivity index (χ3n) is 3.94. The molecule has 0 aromatic carbocycles. The number of aromatic nitrogens is 4. The van der Waals surface area contributed by atoms with Gasteiger partial charge in [-0.2, -0.15) is 0 Å². The number of aromatic amines is 1. The maximum atomic E-state index is 5.71. The second kappa shape index (κ2) is 4.31. The SMILES string of the molecule is Cc1nc2c3c(n[nH]c3n1)OCCN2C1COC(C)C1. The fraction of sp³-hybridized carbons (Fsp3) is 0.615. The van der Waals surface area contributed by atoms with Gasteiger partial charge < -0.3 is 14.4 Å². The van der Waals surface area contributed by atoms with Crippen molar-refractivity contribution in [2.75, 3.05) is 24.7 Å². The lowest BCUT2D eigenvalue weighted by atomic mass is 10.1. The summed E-state index contributed by atoms with van der Waals surface area (Å²) in [4.78, 5) is 11.3. The molecule has 1 saturated heterocycles. The molecule has 4 rings (SSSR count). The molecule has 0 spiro atoms. The number of anilines is 1. The second-order valence-corrected chi connectivity index (χ2v) is 5.42. The first-order valence-electron chi connectivity index (χ1n) is 6.96. The zero-order valence-electron chi connectivity index (χ0n) is 11.6. The van der Waals surface area contributed by atoms with E-state index < -0.39 is 0 Å². The molecule has 106 valence electrons. The standard InChI is InChI=1S/C13H17N5O2/c1-7-5-9(6-20-7)18-3-4-19-13-10-11(16-17-13)14-8(2)15-12(10)18/h7,9H,3-6H2,1-2H3,(H,14,15,16,17). The van der Waals surface area contributed by atoms with Gasteiger partial charge in [0, 0.05) is 0 Å². The van der Waals surface area contributed by atoms with Crippen molar-refractivity contribution in [3.63, 3.8) is 0 Å². The summed E-state index contributed by atoms with van der Waals surface area (Å²) in [7, 11) is 0. The summed E-state index contributed by atoms with van der Waals surface area (Å²) >= 11 is 0. The zero-order valence-corrected chi connectivity index (χ0v) is 11.6. The summed E-state index contributed by atoms with van der Waals surface area (Å²) in [5.74, 6) is 2.25. The Labute approximate surface area is 116 Å². The lowest BCUT2D eigenvalue weighted by Crippen LogP contribution is -2.39. The van der Waals surface area contributed by atoms with Crippen molar-refractivity contribution < 1.29 is 9.47 Å². The number of aryl methyl sites for hydroxylation is 1. The van der Waals surface area contributed by atoms with E-state index in [1.807, 2.05) is 6.92 Å². The lowest BCUT2D eigenvalue weighted by molar-refractivity contribution is 0.123. The molecule has 2 aliphatic rings. The Morgan fingerprint density at radius 2 is 2.25 bits per heavy atom. The highest BCUT2D eigenvalue weighted by atomic mass is 16.5. The minimum absolute atomic E-state index is 0.298. The third kappa shape index (κ3) is 1.73. The van der Waals surface area contributed by atoms with Gasteiger partial charge in [0.05, 0.1) is 25.3 Å². The van der Waals surface area contributed by atoms with Crippen molar-refractivity contribution in [3.05, 3.63) is 5.82 Å². The Morgan fingerprint density at radius 1 is 1.35 bits per heavy atom. The van der Waals surface area contributed by atoms with Gasteiger partial charge in [-0.3, -0.25) is 5.10 Å². The summed E-state index contributed by atoms with van der Waals surface area (Å²) < 4.78 is 11.4. The van der Waals surface area contributed by atoms with Crippen LogP contribution in [0.3, 0.4) is 0 Å². The molecule has 0 saturated carbocycles. The normalized spacial score (nSPS) is 25.8. The van der Waals surface area contributed by atoms with Gasteiger partial charge in [0.2, 0.25) is 5.88 Å². The van der Waals surface area contributed by atoms with Crippen LogP contribution in [0, 0.1) is 6.92 Å². The van der Waals surface area contributed by atoms with Crippen LogP contribution in [-0.4, -0.2) is 52.1 Å². The molecule has 2 aromatic rings. The Hall–Kier alpha value is -1.89. The van der Waals surface area contributed by atoms with Gasteiger partial charge in [0.1, 0.15) is 23.6 Å². The van der Waals surface area contributed by atoms with Crippen molar-refractivity contribution >= 4 is 16.9 Å². The van der Waals surface area contributed by atoms with Crippen molar-refractivity contribution in [1.29, 1.82) is 0 Å². The molecule has 1 fully saturated rings. The molecule has 0 aliphatic carbocycles. The molecule has 0 amide bonds. The first-order chi connectivity index (χ1) is 9.72. The molecule has 20 heavy (non-hydrogen) atoms. The highest BCUT2D eigenvalue weighted by Gasteiger charge is 2.32. The number of nitrogens with zero attached hydrogens (tertiary/aromatic N) is 4. The van der Waals surface area contributed by atoms with Crippen molar-refractivity contribution in [2.24, 2.45) is 0 Å². The van der Waals surface area contributed by atoms with E-state index in [1.165, 1.54) is 0 Å². The van der Waals surface area contributed by atoms with Crippen LogP contribution in [-0.2, 0) is 4.74 Å². The van der Waals surface area contributed by atoms with Crippen LogP contribution in [0.15, 0.2) is 0 Å². The van der Waals surface area contributed by atoms with Gasteiger partial charge in [-0.15, -0.1) is 5.10 Å². The summed E-state index contributed by atoms with van der Waals surface area (Å²) in [6.07, 6.45) is 1.31. The molecule has 0 bridgehead atoms. The van der Waals surface area contributed by atoms with Gasteiger partial charge >= 0.3 is 0 Å². The molecule has 7 nitrogen and oxygen atoms in total. The average molecular weight is 275 g/mol. The Kier molecular flexibility index (Phi) is 2.56. The van der Waals surface area contributed by atoms with E-state index in [-0.39, 0.29) is 0 Å². The van der Waals surface area contributed by atoms with E-state index in [2.05, 4.69) is 32.0 Å². The largest absolute Gasteiger partial charge is 0.474 e. The van der Waals surface area contributed by atoms with E-state index in [0.717, 1.165) is 42.2 Å². The lowest BCUT2D eigenvalue weighted by Gasteiger charge is -2.27. The van der Waals surface area contributed by atoms with Crippen LogP contribution in [0.25, 0.3) is 11.0 Å². The summed E-state index contributed by atoms with van der Waals surface area (Å²) in [6, 6.07) is 0.340. The number of hydrogen-bond donors (Lipinski definition) is 1. The van der Waals surface area contributed by atoms with Gasteiger partial charge in [0.15, 0.2) is 5.65 Å². The average Bonchev–Trinajstić information content (AvgIpc) is 2.96. The maximum Gasteiger partial charge on any atom is 0.246 e. The summed E-state index contributed by atoms with van der Waals surface area (Å²) in [6.45, 7) is 6.13. The third-order valence-corrected chi connectivity index (χ3v) is 3.94. The Bertz CT molecular complexity index is 655. The monoisotopic (exact) mass is 275 g/mol. The number of ether oxygens (including phenoxy) is 2. The second-order valence-electron chi connectivity index (χ2n) is 5.42. The van der Waals surface area contributed by atoms with Crippen LogP contribution in [0.4, 0.5) is 5.82 Å². The van der Waals surface area contributed by atoms with Crippen molar-refractivity contribution in [2.45, 2.75) is 32.4 Å². The quantitative estimate of drug-likeness (QED) is 0.838. The van der Waals surface area contributed by atoms with E-state index in [9.17, 15) is 0 Å². The number of hydrogen-bond acceptors (Lipinski definition) is 6. The van der Waals surface area contributed by atoms with E-state index in [0.29, 0.717) is 24.6 Å². The van der Waals surface area contributed by atoms with Gasteiger partial charge in [0.25, 0.3) is 0 Å². The first kappa shape index (κ1) is 11.9. The Balaban J connectivity index is 1.85. The number of nitrogens with one attached hydrogen (secondary N) is 1. The topological polar surface area (TPSA) is 76.2 Å². The van der Waals surface area contributed by atoms with Crippen LogP contribution in [0.2, 0.25) is 0 Å². The van der Waals surface area contributed by atoms with Crippen LogP contribution >= 0.6 is 0 Å². The molecule has 2 aromatic heterocycles. The molecule has 2 unspecified atom stereocenters. The summed E-state index contributed by atoms with van der Waals surface area (Å²) in [5, 5.41) is 8.00. The van der Waals surface area contributed by atoms with Crippen LogP contribution < -0.4 is 9.64 Å². The first-order valence-corrected chi connectivity index (χ1v) is 6.96. The fourth-order valence-corrected chi connectivity index (χ4v) is 3.02. The van der Waals surface area contributed by atoms with Gasteiger partial charge in [-0.25, -0.2) is 9.97 Å². The fourth-order valence-electron chi connectivity index (χ4n) is 3.02. The zero-order chi connectivity index (χ0) is 13.7. The van der Waals surface area contributed by atoms with Gasteiger partial charge in [-0.1, -0.05) is 0 Å². The highest BCUT2D eigenvalue weighted by molar-refractivity contribution is 5.92. The molecule has 0 radical (unpaired) electrons. The van der Waals surface area contributed by atoms with Crippen molar-refractivity contribution in [3.8, 4) is 5.88 Å². The molecule has 2 atom stereocenters. The van der Waals surface area contributed by atoms with Gasteiger partial charge in [-0.05, 0) is 20.3 Å². The molecule has 4 heterocycles. The summed E-state index contributed by atoms with van der Waals surface area (Å²) in [5.41, 5.74) is 0.737. The van der Waals surface area contributed by atoms with E-state index >= 15 is 0 Å².